The molecule has 0 amide bonds. The summed E-state index contributed by atoms with van der Waals surface area (Å²) in [6.45, 7) is 2.03. The lowest BCUT2D eigenvalue weighted by Crippen LogP contribution is -2.36. The Morgan fingerprint density at radius 2 is 2.33 bits per heavy atom. The Morgan fingerprint density at radius 3 is 2.89 bits per heavy atom. The van der Waals surface area contributed by atoms with Crippen molar-refractivity contribution in [1.29, 1.82) is 5.26 Å². The minimum absolute atomic E-state index is 0.102. The molecule has 1 aromatic rings. The molecule has 1 aliphatic rings. The fourth-order valence-electron chi connectivity index (χ4n) is 2.46. The molecule has 0 saturated carbocycles. The van der Waals surface area contributed by atoms with Crippen molar-refractivity contribution in [1.82, 2.24) is 4.90 Å². The van der Waals surface area contributed by atoms with Gasteiger partial charge in [-0.15, -0.1) is 0 Å². The molecule has 1 unspecified atom stereocenters. The highest BCUT2D eigenvalue weighted by Crippen LogP contribution is 2.21. The van der Waals surface area contributed by atoms with Crippen molar-refractivity contribution in [2.75, 3.05) is 32.1 Å². The van der Waals surface area contributed by atoms with E-state index in [2.05, 4.69) is 16.8 Å². The number of hydrogen-bond donors (Lipinski definition) is 0. The van der Waals surface area contributed by atoms with E-state index in [0.717, 1.165) is 18.8 Å². The van der Waals surface area contributed by atoms with E-state index in [9.17, 15) is 4.39 Å². The second-order valence-electron chi connectivity index (χ2n) is 4.93. The first-order valence-electron chi connectivity index (χ1n) is 6.23. The summed E-state index contributed by atoms with van der Waals surface area (Å²) >= 11 is 0. The first-order valence-corrected chi connectivity index (χ1v) is 6.23. The van der Waals surface area contributed by atoms with E-state index in [1.54, 1.807) is 12.1 Å². The van der Waals surface area contributed by atoms with Crippen LogP contribution in [-0.2, 0) is 0 Å². The van der Waals surface area contributed by atoms with Gasteiger partial charge in [-0.2, -0.15) is 5.26 Å². The number of rotatable bonds is 3. The van der Waals surface area contributed by atoms with Gasteiger partial charge in [-0.25, -0.2) is 4.39 Å². The van der Waals surface area contributed by atoms with Crippen molar-refractivity contribution < 1.29 is 4.39 Å². The average Bonchev–Trinajstić information content (AvgIpc) is 2.75. The summed E-state index contributed by atoms with van der Waals surface area (Å²) in [5, 5.41) is 8.70. The number of halogens is 1. The summed E-state index contributed by atoms with van der Waals surface area (Å²) in [6.07, 6.45) is 2.43. The van der Waals surface area contributed by atoms with Crippen molar-refractivity contribution >= 4 is 5.69 Å². The number of benzene rings is 1. The fourth-order valence-corrected chi connectivity index (χ4v) is 2.46. The predicted molar refractivity (Wildman–Crippen MR) is 70.0 cm³/mol. The van der Waals surface area contributed by atoms with Crippen molar-refractivity contribution in [2.45, 2.75) is 18.9 Å². The molecule has 1 atom stereocenters. The van der Waals surface area contributed by atoms with Crippen LogP contribution in [-0.4, -0.2) is 38.1 Å². The third-order valence-corrected chi connectivity index (χ3v) is 3.67. The molecule has 1 aromatic carbocycles. The van der Waals surface area contributed by atoms with Gasteiger partial charge in [0.1, 0.15) is 11.9 Å². The lowest BCUT2D eigenvalue weighted by molar-refractivity contribution is 0.314. The smallest absolute Gasteiger partial charge is 0.143 e. The first-order chi connectivity index (χ1) is 8.61. The number of nitriles is 1. The van der Waals surface area contributed by atoms with Crippen LogP contribution in [0.3, 0.4) is 0 Å². The van der Waals surface area contributed by atoms with Gasteiger partial charge in [0, 0.05) is 25.3 Å². The zero-order chi connectivity index (χ0) is 13.1. The molecule has 0 bridgehead atoms. The van der Waals surface area contributed by atoms with E-state index < -0.39 is 5.82 Å². The summed E-state index contributed by atoms with van der Waals surface area (Å²) in [7, 11) is 4.10. The van der Waals surface area contributed by atoms with Gasteiger partial charge in [-0.05, 0) is 44.6 Å². The normalized spacial score (nSPS) is 19.8. The highest BCUT2D eigenvalue weighted by Gasteiger charge is 2.22. The molecule has 0 N–H and O–H groups in total. The van der Waals surface area contributed by atoms with Crippen LogP contribution in [0.4, 0.5) is 10.1 Å². The van der Waals surface area contributed by atoms with Gasteiger partial charge >= 0.3 is 0 Å². The number of nitrogens with zero attached hydrogens (tertiary/aromatic N) is 3. The Kier molecular flexibility index (Phi) is 3.83. The molecule has 96 valence electrons. The summed E-state index contributed by atoms with van der Waals surface area (Å²) in [4.78, 5) is 4.40. The molecule has 3 nitrogen and oxygen atoms in total. The molecule has 2 rings (SSSR count). The van der Waals surface area contributed by atoms with Crippen molar-refractivity contribution in [2.24, 2.45) is 0 Å². The largest absolute Gasteiger partial charge is 0.373 e. The van der Waals surface area contributed by atoms with Crippen LogP contribution in [0.25, 0.3) is 0 Å². The summed E-state index contributed by atoms with van der Waals surface area (Å²) in [6, 6.07) is 7.16. The van der Waals surface area contributed by atoms with E-state index in [0.29, 0.717) is 6.04 Å². The van der Waals surface area contributed by atoms with Crippen molar-refractivity contribution in [3.05, 3.63) is 29.6 Å². The maximum atomic E-state index is 13.5. The zero-order valence-corrected chi connectivity index (χ0v) is 10.9. The van der Waals surface area contributed by atoms with Crippen LogP contribution in [0.5, 0.6) is 0 Å². The van der Waals surface area contributed by atoms with Crippen LogP contribution in [0.2, 0.25) is 0 Å². The van der Waals surface area contributed by atoms with Gasteiger partial charge < -0.3 is 9.80 Å². The lowest BCUT2D eigenvalue weighted by Gasteiger charge is -2.27. The molecule has 0 aliphatic carbocycles. The molecule has 1 saturated heterocycles. The maximum absolute atomic E-state index is 13.5. The van der Waals surface area contributed by atoms with Gasteiger partial charge in [0.15, 0.2) is 0 Å². The molecule has 1 fully saturated rings. The Morgan fingerprint density at radius 1 is 1.56 bits per heavy atom. The number of likely N-dealkylation sites (tertiary alicyclic amines) is 1. The van der Waals surface area contributed by atoms with E-state index >= 15 is 0 Å². The van der Waals surface area contributed by atoms with Crippen molar-refractivity contribution in [3.63, 3.8) is 0 Å². The van der Waals surface area contributed by atoms with Gasteiger partial charge in [-0.1, -0.05) is 0 Å². The van der Waals surface area contributed by atoms with E-state index in [1.807, 2.05) is 13.1 Å². The number of anilines is 1. The van der Waals surface area contributed by atoms with Gasteiger partial charge in [-0.3, -0.25) is 0 Å². The highest BCUT2D eigenvalue weighted by atomic mass is 19.1. The Hall–Kier alpha value is -1.60. The SMILES string of the molecule is CN(CC1CCCN1C)c1ccc(C#N)c(F)c1. The van der Waals surface area contributed by atoms with Crippen LogP contribution in [0.15, 0.2) is 18.2 Å². The highest BCUT2D eigenvalue weighted by molar-refractivity contribution is 5.50. The summed E-state index contributed by atoms with van der Waals surface area (Å²) in [5.41, 5.74) is 0.928. The average molecular weight is 247 g/mol. The summed E-state index contributed by atoms with van der Waals surface area (Å²) in [5.74, 6) is -0.443. The Labute approximate surface area is 107 Å². The van der Waals surface area contributed by atoms with Crippen LogP contribution >= 0.6 is 0 Å². The Bertz CT molecular complexity index is 467. The molecule has 18 heavy (non-hydrogen) atoms. The quantitative estimate of drug-likeness (QED) is 0.820. The van der Waals surface area contributed by atoms with E-state index in [-0.39, 0.29) is 5.56 Å². The molecule has 0 spiro atoms. The molecular weight excluding hydrogens is 229 g/mol. The topological polar surface area (TPSA) is 30.3 Å². The second-order valence-corrected chi connectivity index (χ2v) is 4.93. The molecule has 4 heteroatoms. The van der Waals surface area contributed by atoms with Crippen molar-refractivity contribution in [3.8, 4) is 6.07 Å². The van der Waals surface area contributed by atoms with Gasteiger partial charge in [0.05, 0.1) is 5.56 Å². The molecule has 0 radical (unpaired) electrons. The summed E-state index contributed by atoms with van der Waals surface area (Å²) < 4.78 is 13.5. The van der Waals surface area contributed by atoms with Gasteiger partial charge in [0.2, 0.25) is 0 Å². The third-order valence-electron chi connectivity index (χ3n) is 3.67. The Balaban J connectivity index is 2.07. The molecule has 1 heterocycles. The maximum Gasteiger partial charge on any atom is 0.143 e. The predicted octanol–water partition coefficient (Wildman–Crippen LogP) is 2.23. The zero-order valence-electron chi connectivity index (χ0n) is 10.9. The fraction of sp³-hybridized carbons (Fsp3) is 0.500. The standard InChI is InChI=1S/C14H18FN3/c1-17-7-3-4-13(17)10-18(2)12-6-5-11(9-16)14(15)8-12/h5-6,8,13H,3-4,7,10H2,1-2H3. The number of likely N-dealkylation sites (N-methyl/N-ethyl adjacent to an activating group) is 2. The minimum Gasteiger partial charge on any atom is -0.373 e. The third kappa shape index (κ3) is 2.62. The minimum atomic E-state index is -0.443. The van der Waals surface area contributed by atoms with Crippen LogP contribution in [0, 0.1) is 17.1 Å². The van der Waals surface area contributed by atoms with Crippen LogP contribution < -0.4 is 4.90 Å². The number of hydrogen-bond acceptors (Lipinski definition) is 3. The first kappa shape index (κ1) is 12.8. The second kappa shape index (κ2) is 5.36. The molecular formula is C14H18FN3. The lowest BCUT2D eigenvalue weighted by atomic mass is 10.1. The van der Waals surface area contributed by atoms with Gasteiger partial charge in [0.25, 0.3) is 0 Å². The van der Waals surface area contributed by atoms with Crippen LogP contribution in [0.1, 0.15) is 18.4 Å². The van der Waals surface area contributed by atoms with E-state index in [4.69, 9.17) is 5.26 Å². The molecule has 0 aromatic heterocycles. The molecule has 1 aliphatic heterocycles. The monoisotopic (exact) mass is 247 g/mol. The van der Waals surface area contributed by atoms with E-state index in [1.165, 1.54) is 18.9 Å².